The van der Waals surface area contributed by atoms with E-state index >= 15 is 0 Å². The van der Waals surface area contributed by atoms with Crippen molar-refractivity contribution in [3.8, 4) is 5.88 Å². The molecule has 2 aromatic heterocycles. The summed E-state index contributed by atoms with van der Waals surface area (Å²) in [6.07, 6.45) is 5.90. The zero-order valence-corrected chi connectivity index (χ0v) is 15.3. The van der Waals surface area contributed by atoms with Gasteiger partial charge in [-0.2, -0.15) is 0 Å². The first-order valence-corrected chi connectivity index (χ1v) is 8.96. The minimum absolute atomic E-state index is 0.0295. The van der Waals surface area contributed by atoms with Gasteiger partial charge in [0.15, 0.2) is 5.88 Å². The molecule has 0 aliphatic carbocycles. The molecule has 7 heteroatoms. The van der Waals surface area contributed by atoms with Gasteiger partial charge in [0.05, 0.1) is 17.6 Å². The fourth-order valence-corrected chi connectivity index (χ4v) is 3.12. The summed E-state index contributed by atoms with van der Waals surface area (Å²) >= 11 is 0. The van der Waals surface area contributed by atoms with Gasteiger partial charge in [-0.05, 0) is 48.9 Å². The highest BCUT2D eigenvalue weighted by Crippen LogP contribution is 2.27. The predicted octanol–water partition coefficient (Wildman–Crippen LogP) is 4.45. The molecule has 4 aromatic rings. The average Bonchev–Trinajstić information content (AvgIpc) is 3.29. The summed E-state index contributed by atoms with van der Waals surface area (Å²) in [7, 11) is 0. The van der Waals surface area contributed by atoms with Gasteiger partial charge >= 0.3 is 0 Å². The van der Waals surface area contributed by atoms with Crippen molar-refractivity contribution >= 4 is 28.5 Å². The first-order valence-electron chi connectivity index (χ1n) is 8.96. The second kappa shape index (κ2) is 7.56. The molecule has 2 aromatic carbocycles. The Bertz CT molecular complexity index is 1130. The number of hydrogen-bond donors (Lipinski definition) is 4. The summed E-state index contributed by atoms with van der Waals surface area (Å²) in [5.74, 6) is -0.388. The van der Waals surface area contributed by atoms with E-state index in [1.165, 1.54) is 12.1 Å². The normalized spacial score (nSPS) is 11.5. The van der Waals surface area contributed by atoms with Crippen molar-refractivity contribution in [1.29, 1.82) is 0 Å². The van der Waals surface area contributed by atoms with E-state index in [9.17, 15) is 9.50 Å². The molecule has 0 spiro atoms. The Hall–Kier alpha value is -3.61. The molecule has 2 heterocycles. The lowest BCUT2D eigenvalue weighted by molar-refractivity contribution is 0.457. The van der Waals surface area contributed by atoms with E-state index in [1.807, 2.05) is 31.3 Å². The quantitative estimate of drug-likeness (QED) is 0.374. The van der Waals surface area contributed by atoms with Crippen molar-refractivity contribution in [1.82, 2.24) is 15.0 Å². The van der Waals surface area contributed by atoms with Crippen molar-refractivity contribution in [2.75, 3.05) is 11.9 Å². The summed E-state index contributed by atoms with van der Waals surface area (Å²) in [5, 5.41) is 14.1. The Labute approximate surface area is 161 Å². The van der Waals surface area contributed by atoms with Gasteiger partial charge < -0.3 is 20.4 Å². The standard InChI is InChI=1S/C21H20FN5O/c1-13-8-15(3-5-19(13)24-7-6-16-10-23-12-26-16)25-11-18-17-9-14(22)2-4-20(17)27-21(18)28/h2-5,8-12,24,27-28H,6-7H2,1H3,(H,23,26). The van der Waals surface area contributed by atoms with Crippen LogP contribution in [-0.2, 0) is 6.42 Å². The number of aromatic hydroxyl groups is 1. The maximum atomic E-state index is 13.5. The molecule has 0 aliphatic heterocycles. The molecular weight excluding hydrogens is 357 g/mol. The number of imidazole rings is 1. The van der Waals surface area contributed by atoms with Gasteiger partial charge in [-0.15, -0.1) is 0 Å². The number of halogens is 1. The summed E-state index contributed by atoms with van der Waals surface area (Å²) in [5.41, 5.74) is 5.06. The minimum atomic E-state index is -0.359. The number of aliphatic imine (C=N–C) groups is 1. The van der Waals surface area contributed by atoms with Crippen LogP contribution in [0.4, 0.5) is 15.8 Å². The Morgan fingerprint density at radius 1 is 1.25 bits per heavy atom. The third kappa shape index (κ3) is 3.73. The topological polar surface area (TPSA) is 89.1 Å². The van der Waals surface area contributed by atoms with E-state index in [-0.39, 0.29) is 11.7 Å². The molecule has 28 heavy (non-hydrogen) atoms. The molecule has 0 unspecified atom stereocenters. The van der Waals surface area contributed by atoms with E-state index in [1.54, 1.807) is 18.6 Å². The molecule has 0 amide bonds. The predicted molar refractivity (Wildman–Crippen MR) is 109 cm³/mol. The van der Waals surface area contributed by atoms with Crippen molar-refractivity contribution in [2.45, 2.75) is 13.3 Å². The van der Waals surface area contributed by atoms with Crippen LogP contribution in [0.5, 0.6) is 5.88 Å². The number of aryl methyl sites for hydroxylation is 1. The first kappa shape index (κ1) is 17.8. The smallest absolute Gasteiger partial charge is 0.198 e. The largest absolute Gasteiger partial charge is 0.494 e. The van der Waals surface area contributed by atoms with E-state index in [4.69, 9.17) is 0 Å². The van der Waals surface area contributed by atoms with Crippen molar-refractivity contribution in [3.05, 3.63) is 71.6 Å². The number of fused-ring (bicyclic) bond motifs is 1. The molecule has 0 fully saturated rings. The molecule has 0 saturated heterocycles. The summed E-state index contributed by atoms with van der Waals surface area (Å²) < 4.78 is 13.5. The van der Waals surface area contributed by atoms with Crippen LogP contribution in [0, 0.1) is 12.7 Å². The number of benzene rings is 2. The van der Waals surface area contributed by atoms with Gasteiger partial charge in [-0.3, -0.25) is 4.99 Å². The molecule has 0 radical (unpaired) electrons. The van der Waals surface area contributed by atoms with Gasteiger partial charge in [0, 0.05) is 47.7 Å². The van der Waals surface area contributed by atoms with E-state index in [2.05, 4.69) is 25.3 Å². The molecule has 6 nitrogen and oxygen atoms in total. The van der Waals surface area contributed by atoms with E-state index < -0.39 is 0 Å². The van der Waals surface area contributed by atoms with Crippen LogP contribution >= 0.6 is 0 Å². The SMILES string of the molecule is Cc1cc(N=Cc2c(O)[nH]c3ccc(F)cc23)ccc1NCCc1cnc[nH]1. The Balaban J connectivity index is 1.49. The lowest BCUT2D eigenvalue weighted by atomic mass is 10.1. The lowest BCUT2D eigenvalue weighted by Crippen LogP contribution is -2.06. The van der Waals surface area contributed by atoms with Crippen LogP contribution in [0.25, 0.3) is 10.9 Å². The van der Waals surface area contributed by atoms with Gasteiger partial charge in [0.2, 0.25) is 0 Å². The highest BCUT2D eigenvalue weighted by molar-refractivity contribution is 6.02. The van der Waals surface area contributed by atoms with E-state index in [0.29, 0.717) is 16.5 Å². The number of aromatic amines is 2. The number of nitrogens with zero attached hydrogens (tertiary/aromatic N) is 2. The van der Waals surface area contributed by atoms with E-state index in [0.717, 1.165) is 35.6 Å². The van der Waals surface area contributed by atoms with Crippen LogP contribution in [0.3, 0.4) is 0 Å². The summed E-state index contributed by atoms with van der Waals surface area (Å²) in [4.78, 5) is 14.4. The number of anilines is 1. The zero-order valence-electron chi connectivity index (χ0n) is 15.3. The minimum Gasteiger partial charge on any atom is -0.494 e. The molecule has 0 atom stereocenters. The zero-order chi connectivity index (χ0) is 19.5. The van der Waals surface area contributed by atoms with Crippen molar-refractivity contribution < 1.29 is 9.50 Å². The molecule has 4 N–H and O–H groups in total. The Kier molecular flexibility index (Phi) is 4.80. The van der Waals surface area contributed by atoms with Crippen molar-refractivity contribution in [2.24, 2.45) is 4.99 Å². The first-order chi connectivity index (χ1) is 13.6. The third-order valence-corrected chi connectivity index (χ3v) is 4.60. The third-order valence-electron chi connectivity index (χ3n) is 4.60. The van der Waals surface area contributed by atoms with Gasteiger partial charge in [-0.25, -0.2) is 9.37 Å². The van der Waals surface area contributed by atoms with Crippen LogP contribution in [0.1, 0.15) is 16.8 Å². The number of hydrogen-bond acceptors (Lipinski definition) is 4. The summed E-state index contributed by atoms with van der Waals surface area (Å²) in [6, 6.07) is 10.2. The van der Waals surface area contributed by atoms with Crippen LogP contribution < -0.4 is 5.32 Å². The molecular formula is C21H20FN5O. The Morgan fingerprint density at radius 3 is 2.93 bits per heavy atom. The number of rotatable bonds is 6. The molecule has 142 valence electrons. The molecule has 0 aliphatic rings. The average molecular weight is 377 g/mol. The van der Waals surface area contributed by atoms with Crippen LogP contribution in [0.2, 0.25) is 0 Å². The van der Waals surface area contributed by atoms with Gasteiger partial charge in [-0.1, -0.05) is 0 Å². The van der Waals surface area contributed by atoms with Gasteiger partial charge in [0.1, 0.15) is 5.82 Å². The second-order valence-electron chi connectivity index (χ2n) is 6.59. The lowest BCUT2D eigenvalue weighted by Gasteiger charge is -2.09. The number of H-pyrrole nitrogens is 2. The fourth-order valence-electron chi connectivity index (χ4n) is 3.12. The molecule has 0 saturated carbocycles. The Morgan fingerprint density at radius 2 is 2.14 bits per heavy atom. The number of aromatic nitrogens is 3. The second-order valence-corrected chi connectivity index (χ2v) is 6.59. The molecule has 0 bridgehead atoms. The van der Waals surface area contributed by atoms with Crippen LogP contribution in [0.15, 0.2) is 53.9 Å². The molecule has 4 rings (SSSR count). The fraction of sp³-hybridized carbons (Fsp3) is 0.143. The number of nitrogens with one attached hydrogen (secondary N) is 3. The highest BCUT2D eigenvalue weighted by atomic mass is 19.1. The summed E-state index contributed by atoms with van der Waals surface area (Å²) in [6.45, 7) is 2.80. The van der Waals surface area contributed by atoms with Crippen molar-refractivity contribution in [3.63, 3.8) is 0 Å². The van der Waals surface area contributed by atoms with Crippen LogP contribution in [-0.4, -0.2) is 32.8 Å². The van der Waals surface area contributed by atoms with Gasteiger partial charge in [0.25, 0.3) is 0 Å². The highest BCUT2D eigenvalue weighted by Gasteiger charge is 2.09. The maximum Gasteiger partial charge on any atom is 0.198 e. The maximum absolute atomic E-state index is 13.5. The monoisotopic (exact) mass is 377 g/mol.